The topological polar surface area (TPSA) is 58.1 Å². The summed E-state index contributed by atoms with van der Waals surface area (Å²) in [4.78, 5) is 21.0. The first kappa shape index (κ1) is 7.97. The van der Waals surface area contributed by atoms with E-state index in [-0.39, 0.29) is 5.91 Å². The normalized spacial score (nSPS) is 16.9. The second kappa shape index (κ2) is 3.38. The summed E-state index contributed by atoms with van der Waals surface area (Å²) in [6.07, 6.45) is 4.91. The van der Waals surface area contributed by atoms with Gasteiger partial charge in [-0.1, -0.05) is 0 Å². The maximum atomic E-state index is 11.0. The molecule has 1 amide bonds. The summed E-state index contributed by atoms with van der Waals surface area (Å²) in [7, 11) is 0. The minimum atomic E-state index is 0.0388. The van der Waals surface area contributed by atoms with E-state index in [0.717, 1.165) is 12.4 Å². The maximum absolute atomic E-state index is 11.0. The third-order valence-electron chi connectivity index (χ3n) is 1.91. The van der Waals surface area contributed by atoms with Crippen molar-refractivity contribution in [2.24, 2.45) is 0 Å². The lowest BCUT2D eigenvalue weighted by Gasteiger charge is -2.26. The average Bonchev–Trinajstić information content (AvgIpc) is 2.19. The van der Waals surface area contributed by atoms with Crippen LogP contribution in [-0.2, 0) is 4.79 Å². The van der Waals surface area contributed by atoms with Gasteiger partial charge in [-0.15, -0.1) is 0 Å². The van der Waals surface area contributed by atoms with Crippen molar-refractivity contribution >= 4 is 11.7 Å². The molecule has 0 radical (unpaired) electrons. The lowest BCUT2D eigenvalue weighted by molar-refractivity contribution is -0.120. The second-order valence-electron chi connectivity index (χ2n) is 2.84. The van der Waals surface area contributed by atoms with Crippen molar-refractivity contribution in [1.82, 2.24) is 15.3 Å². The lowest BCUT2D eigenvalue weighted by Crippen LogP contribution is -2.48. The largest absolute Gasteiger partial charge is 0.353 e. The molecule has 68 valence electrons. The Balaban J connectivity index is 2.13. The Kier molecular flexibility index (Phi) is 2.08. The van der Waals surface area contributed by atoms with E-state index in [4.69, 9.17) is 0 Å². The number of rotatable bonds is 1. The van der Waals surface area contributed by atoms with Crippen LogP contribution in [0.3, 0.4) is 0 Å². The minimum absolute atomic E-state index is 0.0388. The van der Waals surface area contributed by atoms with Gasteiger partial charge in [0.05, 0.1) is 12.7 Å². The predicted octanol–water partition coefficient (Wildman–Crippen LogP) is -0.587. The number of hydrogen-bond donors (Lipinski definition) is 1. The fourth-order valence-electron chi connectivity index (χ4n) is 1.29. The number of carbonyl (C=O) groups excluding carboxylic acids is 1. The maximum Gasteiger partial charge on any atom is 0.239 e. The Morgan fingerprint density at radius 1 is 1.46 bits per heavy atom. The summed E-state index contributed by atoms with van der Waals surface area (Å²) in [5.74, 6) is 0.800. The molecule has 2 heterocycles. The highest BCUT2D eigenvalue weighted by Crippen LogP contribution is 2.07. The Bertz CT molecular complexity index is 300. The van der Waals surface area contributed by atoms with E-state index in [1.54, 1.807) is 18.6 Å². The van der Waals surface area contributed by atoms with Crippen LogP contribution in [0.1, 0.15) is 0 Å². The first-order valence-corrected chi connectivity index (χ1v) is 4.14. The molecule has 0 unspecified atom stereocenters. The van der Waals surface area contributed by atoms with Crippen LogP contribution >= 0.6 is 0 Å². The summed E-state index contributed by atoms with van der Waals surface area (Å²) in [6, 6.07) is 0. The highest BCUT2D eigenvalue weighted by molar-refractivity contribution is 5.82. The lowest BCUT2D eigenvalue weighted by atomic mass is 10.3. The number of piperazine rings is 1. The number of amides is 1. The zero-order valence-corrected chi connectivity index (χ0v) is 7.10. The Hall–Kier alpha value is -1.65. The van der Waals surface area contributed by atoms with Gasteiger partial charge in [-0.05, 0) is 0 Å². The van der Waals surface area contributed by atoms with Crippen molar-refractivity contribution < 1.29 is 4.79 Å². The van der Waals surface area contributed by atoms with E-state index < -0.39 is 0 Å². The molecule has 1 aliphatic rings. The van der Waals surface area contributed by atoms with Crippen LogP contribution in [0.2, 0.25) is 0 Å². The molecule has 1 saturated heterocycles. The molecule has 2 rings (SSSR count). The van der Waals surface area contributed by atoms with Crippen molar-refractivity contribution in [2.75, 3.05) is 24.5 Å². The van der Waals surface area contributed by atoms with E-state index in [1.165, 1.54) is 0 Å². The summed E-state index contributed by atoms with van der Waals surface area (Å²) in [5.41, 5.74) is 0. The quantitative estimate of drug-likeness (QED) is 0.624. The fraction of sp³-hybridized carbons (Fsp3) is 0.375. The molecule has 1 aliphatic heterocycles. The Morgan fingerprint density at radius 2 is 2.38 bits per heavy atom. The molecule has 0 aliphatic carbocycles. The van der Waals surface area contributed by atoms with Gasteiger partial charge >= 0.3 is 0 Å². The summed E-state index contributed by atoms with van der Waals surface area (Å²) < 4.78 is 0. The van der Waals surface area contributed by atoms with Gasteiger partial charge in [0, 0.05) is 25.5 Å². The van der Waals surface area contributed by atoms with Gasteiger partial charge in [0.2, 0.25) is 5.91 Å². The smallest absolute Gasteiger partial charge is 0.239 e. The van der Waals surface area contributed by atoms with Gasteiger partial charge < -0.3 is 10.2 Å². The predicted molar refractivity (Wildman–Crippen MR) is 47.3 cm³/mol. The fourth-order valence-corrected chi connectivity index (χ4v) is 1.29. The Morgan fingerprint density at radius 3 is 3.08 bits per heavy atom. The van der Waals surface area contributed by atoms with Crippen LogP contribution in [0.4, 0.5) is 5.82 Å². The van der Waals surface area contributed by atoms with Crippen LogP contribution in [-0.4, -0.2) is 35.5 Å². The standard InChI is InChI=1S/C8H10N4O/c13-8-6-12(4-3-11-8)7-5-9-1-2-10-7/h1-2,5H,3-4,6H2,(H,11,13). The summed E-state index contributed by atoms with van der Waals surface area (Å²) in [6.45, 7) is 1.85. The molecule has 0 saturated carbocycles. The number of carbonyl (C=O) groups is 1. The molecule has 5 heteroatoms. The summed E-state index contributed by atoms with van der Waals surface area (Å²) >= 11 is 0. The molecule has 1 fully saturated rings. The number of hydrogen-bond acceptors (Lipinski definition) is 4. The van der Waals surface area contributed by atoms with E-state index in [1.807, 2.05) is 4.90 Å². The molecule has 0 atom stereocenters. The third kappa shape index (κ3) is 1.74. The average molecular weight is 178 g/mol. The monoisotopic (exact) mass is 178 g/mol. The van der Waals surface area contributed by atoms with Gasteiger partial charge in [-0.3, -0.25) is 9.78 Å². The third-order valence-corrected chi connectivity index (χ3v) is 1.91. The van der Waals surface area contributed by atoms with E-state index in [0.29, 0.717) is 13.1 Å². The number of aromatic nitrogens is 2. The van der Waals surface area contributed by atoms with Gasteiger partial charge in [-0.25, -0.2) is 4.98 Å². The summed E-state index contributed by atoms with van der Waals surface area (Å²) in [5, 5.41) is 2.75. The van der Waals surface area contributed by atoms with Crippen molar-refractivity contribution in [1.29, 1.82) is 0 Å². The van der Waals surface area contributed by atoms with E-state index in [9.17, 15) is 4.79 Å². The molecular formula is C8H10N4O. The highest BCUT2D eigenvalue weighted by atomic mass is 16.2. The van der Waals surface area contributed by atoms with Crippen LogP contribution in [0.15, 0.2) is 18.6 Å². The molecule has 13 heavy (non-hydrogen) atoms. The molecule has 0 spiro atoms. The van der Waals surface area contributed by atoms with Crippen molar-refractivity contribution in [3.8, 4) is 0 Å². The molecule has 1 N–H and O–H groups in total. The highest BCUT2D eigenvalue weighted by Gasteiger charge is 2.16. The van der Waals surface area contributed by atoms with Crippen molar-refractivity contribution in [3.63, 3.8) is 0 Å². The van der Waals surface area contributed by atoms with Gasteiger partial charge in [-0.2, -0.15) is 0 Å². The van der Waals surface area contributed by atoms with Gasteiger partial charge in [0.15, 0.2) is 0 Å². The van der Waals surface area contributed by atoms with Crippen LogP contribution in [0, 0.1) is 0 Å². The number of nitrogens with one attached hydrogen (secondary N) is 1. The van der Waals surface area contributed by atoms with Crippen LogP contribution in [0.5, 0.6) is 0 Å². The molecule has 1 aromatic heterocycles. The van der Waals surface area contributed by atoms with E-state index in [2.05, 4.69) is 15.3 Å². The van der Waals surface area contributed by atoms with Gasteiger partial charge in [0.1, 0.15) is 5.82 Å². The first-order chi connectivity index (χ1) is 6.36. The zero-order valence-electron chi connectivity index (χ0n) is 7.10. The van der Waals surface area contributed by atoms with Crippen LogP contribution in [0.25, 0.3) is 0 Å². The van der Waals surface area contributed by atoms with E-state index >= 15 is 0 Å². The molecular weight excluding hydrogens is 168 g/mol. The number of anilines is 1. The number of nitrogens with zero attached hydrogens (tertiary/aromatic N) is 3. The van der Waals surface area contributed by atoms with Crippen LogP contribution < -0.4 is 10.2 Å². The first-order valence-electron chi connectivity index (χ1n) is 4.14. The molecule has 0 aromatic carbocycles. The zero-order chi connectivity index (χ0) is 9.10. The molecule has 5 nitrogen and oxygen atoms in total. The SMILES string of the molecule is O=C1CN(c2cnccn2)CCN1. The Labute approximate surface area is 75.8 Å². The molecule has 0 bridgehead atoms. The van der Waals surface area contributed by atoms with Crippen molar-refractivity contribution in [3.05, 3.63) is 18.6 Å². The van der Waals surface area contributed by atoms with Gasteiger partial charge in [0.25, 0.3) is 0 Å². The second-order valence-corrected chi connectivity index (χ2v) is 2.84. The molecule has 1 aromatic rings. The minimum Gasteiger partial charge on any atom is -0.353 e. The van der Waals surface area contributed by atoms with Crippen molar-refractivity contribution in [2.45, 2.75) is 0 Å².